The SMILES string of the molecule is COC(=O)c1ccc(C)c(NC(=O)COC(=O)c2ccc(C(F)(F)F)cc2N)c1. The summed E-state index contributed by atoms with van der Waals surface area (Å²) in [5, 5.41) is 2.48. The summed E-state index contributed by atoms with van der Waals surface area (Å²) >= 11 is 0. The summed E-state index contributed by atoms with van der Waals surface area (Å²) in [5.41, 5.74) is 4.91. The number of aryl methyl sites for hydroxylation is 1. The maximum Gasteiger partial charge on any atom is 0.416 e. The minimum absolute atomic E-state index is 0.211. The quantitative estimate of drug-likeness (QED) is 0.579. The van der Waals surface area contributed by atoms with Crippen molar-refractivity contribution in [3.05, 3.63) is 58.7 Å². The third kappa shape index (κ3) is 5.47. The van der Waals surface area contributed by atoms with Gasteiger partial charge in [0.15, 0.2) is 6.61 Å². The van der Waals surface area contributed by atoms with Gasteiger partial charge in [-0.15, -0.1) is 0 Å². The molecule has 0 fully saturated rings. The zero-order chi connectivity index (χ0) is 21.8. The molecule has 0 atom stereocenters. The van der Waals surface area contributed by atoms with E-state index >= 15 is 0 Å². The molecular weight excluding hydrogens is 393 g/mol. The summed E-state index contributed by atoms with van der Waals surface area (Å²) in [4.78, 5) is 35.6. The minimum atomic E-state index is -4.60. The lowest BCUT2D eigenvalue weighted by Gasteiger charge is -2.12. The summed E-state index contributed by atoms with van der Waals surface area (Å²) < 4.78 is 47.3. The van der Waals surface area contributed by atoms with Gasteiger partial charge in [0.25, 0.3) is 5.91 Å². The third-order valence-electron chi connectivity index (χ3n) is 3.87. The number of esters is 2. The van der Waals surface area contributed by atoms with Crippen molar-refractivity contribution in [3.63, 3.8) is 0 Å². The average molecular weight is 410 g/mol. The zero-order valence-corrected chi connectivity index (χ0v) is 15.4. The number of rotatable bonds is 5. The monoisotopic (exact) mass is 410 g/mol. The highest BCUT2D eigenvalue weighted by Gasteiger charge is 2.31. The van der Waals surface area contributed by atoms with E-state index in [-0.39, 0.29) is 11.1 Å². The van der Waals surface area contributed by atoms with Crippen LogP contribution in [0.2, 0.25) is 0 Å². The summed E-state index contributed by atoms with van der Waals surface area (Å²) in [6.45, 7) is 0.979. The number of methoxy groups -OCH3 is 1. The molecule has 0 bridgehead atoms. The van der Waals surface area contributed by atoms with Gasteiger partial charge in [-0.25, -0.2) is 9.59 Å². The van der Waals surface area contributed by atoms with Crippen LogP contribution in [0.4, 0.5) is 24.5 Å². The molecule has 154 valence electrons. The molecule has 0 heterocycles. The number of amides is 1. The number of hydrogen-bond acceptors (Lipinski definition) is 6. The van der Waals surface area contributed by atoms with Crippen LogP contribution < -0.4 is 11.1 Å². The number of benzene rings is 2. The predicted molar refractivity (Wildman–Crippen MR) is 97.3 cm³/mol. The molecule has 0 aliphatic carbocycles. The minimum Gasteiger partial charge on any atom is -0.465 e. The number of hydrogen-bond donors (Lipinski definition) is 2. The van der Waals surface area contributed by atoms with Crippen LogP contribution in [0.15, 0.2) is 36.4 Å². The Labute approximate surface area is 163 Å². The zero-order valence-electron chi connectivity index (χ0n) is 15.4. The Kier molecular flexibility index (Phi) is 6.47. The van der Waals surface area contributed by atoms with Crippen molar-refractivity contribution in [2.75, 3.05) is 24.8 Å². The number of carbonyl (C=O) groups excluding carboxylic acids is 3. The summed E-state index contributed by atoms with van der Waals surface area (Å²) in [7, 11) is 1.22. The molecule has 0 aliphatic rings. The Bertz CT molecular complexity index is 957. The van der Waals surface area contributed by atoms with E-state index < -0.39 is 41.9 Å². The van der Waals surface area contributed by atoms with Crippen molar-refractivity contribution < 1.29 is 37.0 Å². The molecule has 7 nitrogen and oxygen atoms in total. The van der Waals surface area contributed by atoms with Gasteiger partial charge in [0.1, 0.15) is 0 Å². The number of halogens is 3. The standard InChI is InChI=1S/C19H17F3N2O5/c1-10-3-4-11(17(26)28-2)7-15(10)24-16(25)9-29-18(27)13-6-5-12(8-14(13)23)19(20,21)22/h3-8H,9,23H2,1-2H3,(H,24,25). The summed E-state index contributed by atoms with van der Waals surface area (Å²) in [6.07, 6.45) is -4.60. The van der Waals surface area contributed by atoms with Gasteiger partial charge in [-0.05, 0) is 42.8 Å². The Morgan fingerprint density at radius 1 is 1.07 bits per heavy atom. The van der Waals surface area contributed by atoms with Crippen LogP contribution in [0.25, 0.3) is 0 Å². The van der Waals surface area contributed by atoms with Crippen molar-refractivity contribution in [1.29, 1.82) is 0 Å². The fourth-order valence-corrected chi connectivity index (χ4v) is 2.32. The average Bonchev–Trinajstić information content (AvgIpc) is 2.66. The maximum atomic E-state index is 12.6. The second-order valence-electron chi connectivity index (χ2n) is 5.95. The van der Waals surface area contributed by atoms with Crippen LogP contribution in [0, 0.1) is 6.92 Å². The highest BCUT2D eigenvalue weighted by molar-refractivity contribution is 5.99. The Hall–Kier alpha value is -3.56. The molecule has 0 spiro atoms. The lowest BCUT2D eigenvalue weighted by atomic mass is 10.1. The molecule has 3 N–H and O–H groups in total. The fraction of sp³-hybridized carbons (Fsp3) is 0.211. The number of nitrogens with one attached hydrogen (secondary N) is 1. The first-order valence-electron chi connectivity index (χ1n) is 8.15. The van der Waals surface area contributed by atoms with Crippen molar-refractivity contribution in [3.8, 4) is 0 Å². The van der Waals surface area contributed by atoms with Crippen LogP contribution >= 0.6 is 0 Å². The van der Waals surface area contributed by atoms with Gasteiger partial charge in [-0.1, -0.05) is 6.07 Å². The topological polar surface area (TPSA) is 108 Å². The van der Waals surface area contributed by atoms with E-state index in [1.807, 2.05) is 0 Å². The van der Waals surface area contributed by atoms with Crippen LogP contribution in [-0.4, -0.2) is 31.6 Å². The lowest BCUT2D eigenvalue weighted by molar-refractivity contribution is -0.137. The number of anilines is 2. The van der Waals surface area contributed by atoms with Gasteiger partial charge in [-0.3, -0.25) is 4.79 Å². The molecule has 0 saturated heterocycles. The van der Waals surface area contributed by atoms with E-state index in [0.717, 1.165) is 6.07 Å². The van der Waals surface area contributed by atoms with Gasteiger partial charge >= 0.3 is 18.1 Å². The maximum absolute atomic E-state index is 12.6. The molecule has 29 heavy (non-hydrogen) atoms. The Balaban J connectivity index is 2.03. The first-order chi connectivity index (χ1) is 13.5. The van der Waals surface area contributed by atoms with Gasteiger partial charge in [0.2, 0.25) is 0 Å². The molecule has 0 aromatic heterocycles. The number of ether oxygens (including phenoxy) is 2. The van der Waals surface area contributed by atoms with E-state index in [1.165, 1.54) is 19.2 Å². The number of alkyl halides is 3. The highest BCUT2D eigenvalue weighted by Crippen LogP contribution is 2.31. The van der Waals surface area contributed by atoms with E-state index in [2.05, 4.69) is 10.1 Å². The van der Waals surface area contributed by atoms with Crippen LogP contribution in [-0.2, 0) is 20.4 Å². The normalized spacial score (nSPS) is 10.9. The second-order valence-corrected chi connectivity index (χ2v) is 5.95. The summed E-state index contributed by atoms with van der Waals surface area (Å²) in [6, 6.07) is 6.69. The van der Waals surface area contributed by atoms with Crippen molar-refractivity contribution in [2.45, 2.75) is 13.1 Å². The molecule has 2 aromatic rings. The molecular formula is C19H17F3N2O5. The Morgan fingerprint density at radius 3 is 2.34 bits per heavy atom. The fourth-order valence-electron chi connectivity index (χ4n) is 2.32. The van der Waals surface area contributed by atoms with Gasteiger partial charge in [0.05, 0.1) is 23.8 Å². The smallest absolute Gasteiger partial charge is 0.416 e. The van der Waals surface area contributed by atoms with Crippen LogP contribution in [0.1, 0.15) is 31.8 Å². The molecule has 1 amide bonds. The molecule has 0 aliphatic heterocycles. The molecule has 2 aromatic carbocycles. The first kappa shape index (κ1) is 21.7. The van der Waals surface area contributed by atoms with Crippen LogP contribution in [0.3, 0.4) is 0 Å². The summed E-state index contributed by atoms with van der Waals surface area (Å²) in [5.74, 6) is -2.36. The highest BCUT2D eigenvalue weighted by atomic mass is 19.4. The van der Waals surface area contributed by atoms with Crippen molar-refractivity contribution in [1.82, 2.24) is 0 Å². The van der Waals surface area contributed by atoms with E-state index in [0.29, 0.717) is 23.4 Å². The van der Waals surface area contributed by atoms with E-state index in [1.54, 1.807) is 13.0 Å². The van der Waals surface area contributed by atoms with Gasteiger partial charge in [-0.2, -0.15) is 13.2 Å². The Morgan fingerprint density at radius 2 is 1.76 bits per heavy atom. The second kappa shape index (κ2) is 8.63. The van der Waals surface area contributed by atoms with Crippen molar-refractivity contribution in [2.24, 2.45) is 0 Å². The number of nitrogen functional groups attached to an aromatic ring is 1. The molecule has 2 rings (SSSR count). The van der Waals surface area contributed by atoms with Gasteiger partial charge in [0, 0.05) is 11.4 Å². The van der Waals surface area contributed by atoms with E-state index in [4.69, 9.17) is 10.5 Å². The van der Waals surface area contributed by atoms with Gasteiger partial charge < -0.3 is 20.5 Å². The number of carbonyl (C=O) groups is 3. The molecule has 10 heteroatoms. The largest absolute Gasteiger partial charge is 0.465 e. The first-order valence-corrected chi connectivity index (χ1v) is 8.15. The predicted octanol–water partition coefficient (Wildman–Crippen LogP) is 3.18. The molecule has 0 saturated carbocycles. The van der Waals surface area contributed by atoms with Crippen LogP contribution in [0.5, 0.6) is 0 Å². The number of nitrogens with two attached hydrogens (primary N) is 1. The van der Waals surface area contributed by atoms with Crippen molar-refractivity contribution >= 4 is 29.2 Å². The van der Waals surface area contributed by atoms with E-state index in [9.17, 15) is 27.6 Å². The lowest BCUT2D eigenvalue weighted by Crippen LogP contribution is -2.22. The molecule has 0 radical (unpaired) electrons. The third-order valence-corrected chi connectivity index (χ3v) is 3.87. The molecule has 0 unspecified atom stereocenters.